The molecule has 0 bridgehead atoms. The Bertz CT molecular complexity index is 627. The third-order valence-corrected chi connectivity index (χ3v) is 5.44. The highest BCUT2D eigenvalue weighted by Gasteiger charge is 2.38. The average Bonchev–Trinajstić information content (AvgIpc) is 2.93. The molecule has 1 aromatic rings. The molecule has 0 saturated carbocycles. The van der Waals surface area contributed by atoms with Crippen molar-refractivity contribution in [3.8, 4) is 0 Å². The number of halogens is 3. The van der Waals surface area contributed by atoms with Crippen molar-refractivity contribution in [2.75, 3.05) is 25.1 Å². The van der Waals surface area contributed by atoms with E-state index in [-0.39, 0.29) is 23.7 Å². The molecular formula is C17H21F3N2OS. The molecule has 1 saturated heterocycles. The molecule has 1 N–H and O–H groups in total. The van der Waals surface area contributed by atoms with Crippen molar-refractivity contribution in [3.63, 3.8) is 0 Å². The Hall–Kier alpha value is -1.21. The number of amides is 1. The number of hydrogen-bond acceptors (Lipinski definition) is 3. The number of benzene rings is 1. The summed E-state index contributed by atoms with van der Waals surface area (Å²) < 4.78 is 40.5. The molecule has 0 aliphatic carbocycles. The monoisotopic (exact) mass is 358 g/mol. The molecule has 1 aromatic carbocycles. The molecule has 132 valence electrons. The summed E-state index contributed by atoms with van der Waals surface area (Å²) in [7, 11) is 0. The maximum atomic E-state index is 13.5. The number of rotatable bonds is 4. The minimum absolute atomic E-state index is 0.0415. The zero-order chi connectivity index (χ0) is 17.3. The summed E-state index contributed by atoms with van der Waals surface area (Å²) in [5.74, 6) is 0.316. The van der Waals surface area contributed by atoms with Gasteiger partial charge in [0.1, 0.15) is 0 Å². The molecule has 0 radical (unpaired) electrons. The van der Waals surface area contributed by atoms with Crippen molar-refractivity contribution in [1.82, 2.24) is 10.2 Å². The molecule has 3 rings (SSSR count). The van der Waals surface area contributed by atoms with Gasteiger partial charge >= 0.3 is 6.18 Å². The van der Waals surface area contributed by atoms with Crippen molar-refractivity contribution in [2.24, 2.45) is 0 Å². The first-order valence-electron chi connectivity index (χ1n) is 8.17. The van der Waals surface area contributed by atoms with Gasteiger partial charge in [-0.3, -0.25) is 9.69 Å². The smallest absolute Gasteiger partial charge is 0.348 e. The lowest BCUT2D eigenvalue weighted by Crippen LogP contribution is -2.35. The van der Waals surface area contributed by atoms with E-state index in [9.17, 15) is 18.0 Å². The zero-order valence-corrected chi connectivity index (χ0v) is 14.4. The Morgan fingerprint density at radius 2 is 1.96 bits per heavy atom. The van der Waals surface area contributed by atoms with Crippen LogP contribution in [0.3, 0.4) is 0 Å². The summed E-state index contributed by atoms with van der Waals surface area (Å²) in [5.41, 5.74) is 0.201. The van der Waals surface area contributed by atoms with Crippen LogP contribution in [0.25, 0.3) is 0 Å². The van der Waals surface area contributed by atoms with Gasteiger partial charge in [-0.1, -0.05) is 6.42 Å². The van der Waals surface area contributed by atoms with Crippen molar-refractivity contribution in [2.45, 2.75) is 38.0 Å². The molecule has 7 heteroatoms. The first kappa shape index (κ1) is 17.6. The Morgan fingerprint density at radius 3 is 2.58 bits per heavy atom. The molecule has 0 spiro atoms. The van der Waals surface area contributed by atoms with Crippen LogP contribution in [-0.2, 0) is 12.7 Å². The fourth-order valence-electron chi connectivity index (χ4n) is 3.60. The van der Waals surface area contributed by atoms with E-state index in [0.29, 0.717) is 5.56 Å². The molecule has 1 fully saturated rings. The maximum Gasteiger partial charge on any atom is 0.416 e. The standard InChI is InChI=1S/C17H21F3N2OS/c1-24-10-15(22-5-3-2-4-6-22)11-7-12-13(9-21-16(12)23)14(8-11)17(18,19)20/h7-8,15H,2-6,9-10H2,1H3,(H,21,23). The summed E-state index contributed by atoms with van der Waals surface area (Å²) in [6.07, 6.45) is 0.827. The van der Waals surface area contributed by atoms with E-state index in [1.807, 2.05) is 6.26 Å². The molecule has 1 unspecified atom stereocenters. The SMILES string of the molecule is CSCC(c1cc2c(c(C(F)(F)F)c1)CNC2=O)N1CCCCC1. The Balaban J connectivity index is 2.05. The van der Waals surface area contributed by atoms with Gasteiger partial charge < -0.3 is 5.32 Å². The topological polar surface area (TPSA) is 32.3 Å². The van der Waals surface area contributed by atoms with Crippen LogP contribution in [0.15, 0.2) is 12.1 Å². The van der Waals surface area contributed by atoms with Gasteiger partial charge in [0.25, 0.3) is 5.91 Å². The van der Waals surface area contributed by atoms with Crippen molar-refractivity contribution in [3.05, 3.63) is 34.4 Å². The molecule has 1 atom stereocenters. The van der Waals surface area contributed by atoms with Crippen LogP contribution < -0.4 is 5.32 Å². The van der Waals surface area contributed by atoms with E-state index < -0.39 is 17.6 Å². The Morgan fingerprint density at radius 1 is 1.25 bits per heavy atom. The van der Waals surface area contributed by atoms with Crippen molar-refractivity contribution < 1.29 is 18.0 Å². The first-order valence-corrected chi connectivity index (χ1v) is 9.56. The van der Waals surface area contributed by atoms with Crippen LogP contribution in [0.4, 0.5) is 13.2 Å². The molecule has 2 aliphatic rings. The molecule has 1 amide bonds. The van der Waals surface area contributed by atoms with Gasteiger partial charge in [-0.25, -0.2) is 0 Å². The predicted octanol–water partition coefficient (Wildman–Crippen LogP) is 3.84. The second-order valence-corrected chi connectivity index (χ2v) is 7.25. The number of carbonyl (C=O) groups is 1. The summed E-state index contributed by atoms with van der Waals surface area (Å²) in [4.78, 5) is 14.2. The summed E-state index contributed by atoms with van der Waals surface area (Å²) >= 11 is 1.62. The lowest BCUT2D eigenvalue weighted by Gasteiger charge is -2.35. The second-order valence-electron chi connectivity index (χ2n) is 6.34. The summed E-state index contributed by atoms with van der Waals surface area (Å²) in [6.45, 7) is 1.76. The van der Waals surface area contributed by atoms with E-state index in [1.54, 1.807) is 17.8 Å². The third kappa shape index (κ3) is 3.42. The van der Waals surface area contributed by atoms with Gasteiger partial charge in [0.2, 0.25) is 0 Å². The molecule has 2 aliphatic heterocycles. The second kappa shape index (κ2) is 6.96. The number of hydrogen-bond donors (Lipinski definition) is 1. The number of alkyl halides is 3. The minimum atomic E-state index is -4.45. The van der Waals surface area contributed by atoms with Gasteiger partial charge in [0, 0.05) is 23.9 Å². The number of nitrogens with zero attached hydrogens (tertiary/aromatic N) is 1. The zero-order valence-electron chi connectivity index (χ0n) is 13.6. The molecule has 3 nitrogen and oxygen atoms in total. The molecule has 24 heavy (non-hydrogen) atoms. The molecular weight excluding hydrogens is 337 g/mol. The van der Waals surface area contributed by atoms with Gasteiger partial charge in [-0.2, -0.15) is 24.9 Å². The largest absolute Gasteiger partial charge is 0.416 e. The minimum Gasteiger partial charge on any atom is -0.348 e. The lowest BCUT2D eigenvalue weighted by atomic mass is 9.94. The van der Waals surface area contributed by atoms with E-state index >= 15 is 0 Å². The van der Waals surface area contributed by atoms with Crippen molar-refractivity contribution in [1.29, 1.82) is 0 Å². The molecule has 0 aromatic heterocycles. The third-order valence-electron chi connectivity index (χ3n) is 4.79. The summed E-state index contributed by atoms with van der Waals surface area (Å²) in [5, 5.41) is 2.52. The van der Waals surface area contributed by atoms with E-state index in [1.165, 1.54) is 12.5 Å². The van der Waals surface area contributed by atoms with E-state index in [4.69, 9.17) is 0 Å². The Labute approximate surface area is 144 Å². The van der Waals surface area contributed by atoms with E-state index in [2.05, 4.69) is 10.2 Å². The van der Waals surface area contributed by atoms with Crippen LogP contribution in [-0.4, -0.2) is 35.9 Å². The van der Waals surface area contributed by atoms with Gasteiger partial charge in [0.15, 0.2) is 0 Å². The fraction of sp³-hybridized carbons (Fsp3) is 0.588. The lowest BCUT2D eigenvalue weighted by molar-refractivity contribution is -0.138. The van der Waals surface area contributed by atoms with E-state index in [0.717, 1.165) is 31.7 Å². The predicted molar refractivity (Wildman–Crippen MR) is 89.2 cm³/mol. The average molecular weight is 358 g/mol. The van der Waals surface area contributed by atoms with Crippen LogP contribution >= 0.6 is 11.8 Å². The quantitative estimate of drug-likeness (QED) is 0.888. The Kier molecular flexibility index (Phi) is 5.11. The number of fused-ring (bicyclic) bond motifs is 1. The van der Waals surface area contributed by atoms with Gasteiger partial charge in [-0.15, -0.1) is 0 Å². The highest BCUT2D eigenvalue weighted by Crippen LogP contribution is 2.39. The first-order chi connectivity index (χ1) is 11.4. The maximum absolute atomic E-state index is 13.5. The normalized spacial score (nSPS) is 19.9. The highest BCUT2D eigenvalue weighted by molar-refractivity contribution is 7.98. The number of piperidine rings is 1. The van der Waals surface area contributed by atoms with Crippen LogP contribution in [0.1, 0.15) is 52.4 Å². The van der Waals surface area contributed by atoms with Crippen LogP contribution in [0, 0.1) is 0 Å². The van der Waals surface area contributed by atoms with Gasteiger partial charge in [0.05, 0.1) is 5.56 Å². The van der Waals surface area contributed by atoms with Crippen LogP contribution in [0.2, 0.25) is 0 Å². The highest BCUT2D eigenvalue weighted by atomic mass is 32.2. The number of thioether (sulfide) groups is 1. The number of likely N-dealkylation sites (tertiary alicyclic amines) is 1. The van der Waals surface area contributed by atoms with Gasteiger partial charge in [-0.05, 0) is 55.4 Å². The van der Waals surface area contributed by atoms with Crippen LogP contribution in [0.5, 0.6) is 0 Å². The number of carbonyl (C=O) groups excluding carboxylic acids is 1. The molecule has 2 heterocycles. The number of nitrogens with one attached hydrogen (secondary N) is 1. The summed E-state index contributed by atoms with van der Waals surface area (Å²) in [6, 6.07) is 2.84. The fourth-order valence-corrected chi connectivity index (χ4v) is 4.32. The van der Waals surface area contributed by atoms with Crippen molar-refractivity contribution >= 4 is 17.7 Å².